The summed E-state index contributed by atoms with van der Waals surface area (Å²) in [6.07, 6.45) is 7.06. The van der Waals surface area contributed by atoms with Crippen LogP contribution in [0, 0.1) is 0 Å². The molecule has 1 aromatic rings. The summed E-state index contributed by atoms with van der Waals surface area (Å²) in [5.74, 6) is -0.335. The number of carbonyl (C=O) groups is 1. The zero-order valence-electron chi connectivity index (χ0n) is 11.3. The highest BCUT2D eigenvalue weighted by Gasteiger charge is 2.21. The number of aromatic nitrogens is 1. The number of hydrogen-bond acceptors (Lipinski definition) is 6. The molecule has 0 aromatic carbocycles. The summed E-state index contributed by atoms with van der Waals surface area (Å²) in [6.45, 7) is 2.19. The minimum absolute atomic E-state index is 0.335. The van der Waals surface area contributed by atoms with E-state index in [1.807, 2.05) is 11.8 Å². The molecule has 106 valence electrons. The molecule has 1 fully saturated rings. The van der Waals surface area contributed by atoms with E-state index in [9.17, 15) is 4.79 Å². The Morgan fingerprint density at radius 2 is 2.26 bits per heavy atom. The van der Waals surface area contributed by atoms with E-state index in [1.54, 1.807) is 12.3 Å². The molecule has 0 aliphatic heterocycles. The van der Waals surface area contributed by atoms with Gasteiger partial charge in [0.15, 0.2) is 10.8 Å². The summed E-state index contributed by atoms with van der Waals surface area (Å²) in [6, 6.07) is 0.490. The number of hydrogen-bond donors (Lipinski definition) is 1. The zero-order valence-corrected chi connectivity index (χ0v) is 13.0. The number of anilines is 1. The Bertz CT molecular complexity index is 415. The van der Waals surface area contributed by atoms with Gasteiger partial charge < -0.3 is 10.1 Å². The van der Waals surface area contributed by atoms with Crippen molar-refractivity contribution < 1.29 is 9.53 Å². The first-order valence-corrected chi connectivity index (χ1v) is 8.81. The second-order valence-electron chi connectivity index (χ2n) is 4.61. The predicted octanol–water partition coefficient (Wildman–Crippen LogP) is 3.41. The topological polar surface area (TPSA) is 51.2 Å². The summed E-state index contributed by atoms with van der Waals surface area (Å²) in [7, 11) is 0. The maximum Gasteiger partial charge on any atom is 0.357 e. The fourth-order valence-electron chi connectivity index (χ4n) is 2.26. The summed E-state index contributed by atoms with van der Waals surface area (Å²) in [5, 5.41) is 6.83. The minimum Gasteiger partial charge on any atom is -0.461 e. The quantitative estimate of drug-likeness (QED) is 0.845. The van der Waals surface area contributed by atoms with E-state index in [0.717, 1.165) is 10.4 Å². The number of carbonyl (C=O) groups excluding carboxylic acids is 1. The second kappa shape index (κ2) is 7.14. The molecule has 0 spiro atoms. The van der Waals surface area contributed by atoms with Gasteiger partial charge in [-0.25, -0.2) is 9.78 Å². The number of thioether (sulfide) groups is 1. The molecule has 19 heavy (non-hydrogen) atoms. The summed E-state index contributed by atoms with van der Waals surface area (Å²) in [4.78, 5) is 15.8. The highest BCUT2D eigenvalue weighted by Crippen LogP contribution is 2.29. The van der Waals surface area contributed by atoms with Crippen LogP contribution in [-0.2, 0) is 4.74 Å². The van der Waals surface area contributed by atoms with Gasteiger partial charge in [-0.2, -0.15) is 11.8 Å². The summed E-state index contributed by atoms with van der Waals surface area (Å²) >= 11 is 3.44. The second-order valence-corrected chi connectivity index (χ2v) is 6.61. The van der Waals surface area contributed by atoms with Crippen LogP contribution in [0.5, 0.6) is 0 Å². The number of ether oxygens (including phenoxy) is 1. The van der Waals surface area contributed by atoms with Crippen LogP contribution in [0.1, 0.15) is 43.1 Å². The van der Waals surface area contributed by atoms with Crippen LogP contribution in [0.15, 0.2) is 5.38 Å². The Hall–Kier alpha value is -0.750. The Labute approximate surface area is 122 Å². The molecule has 4 nitrogen and oxygen atoms in total. The third kappa shape index (κ3) is 4.11. The molecule has 6 heteroatoms. The lowest BCUT2D eigenvalue weighted by Gasteiger charge is -2.27. The average Bonchev–Trinajstić information content (AvgIpc) is 2.88. The first-order chi connectivity index (χ1) is 9.22. The monoisotopic (exact) mass is 300 g/mol. The largest absolute Gasteiger partial charge is 0.461 e. The van der Waals surface area contributed by atoms with Gasteiger partial charge in [0.25, 0.3) is 0 Å². The molecule has 0 atom stereocenters. The number of nitrogens with zero attached hydrogens (tertiary/aromatic N) is 1. The van der Waals surface area contributed by atoms with Gasteiger partial charge in [0, 0.05) is 16.7 Å². The van der Waals surface area contributed by atoms with Crippen molar-refractivity contribution in [2.24, 2.45) is 0 Å². The van der Waals surface area contributed by atoms with Gasteiger partial charge in [-0.05, 0) is 38.9 Å². The normalized spacial score (nSPS) is 23.1. The minimum atomic E-state index is -0.335. The van der Waals surface area contributed by atoms with Gasteiger partial charge in [-0.15, -0.1) is 11.3 Å². The molecule has 0 bridgehead atoms. The van der Waals surface area contributed by atoms with E-state index >= 15 is 0 Å². The van der Waals surface area contributed by atoms with Crippen molar-refractivity contribution in [3.8, 4) is 0 Å². The fourth-order valence-corrected chi connectivity index (χ4v) is 3.76. The molecule has 2 rings (SSSR count). The summed E-state index contributed by atoms with van der Waals surface area (Å²) < 4.78 is 4.93. The molecule has 1 N–H and O–H groups in total. The lowest BCUT2D eigenvalue weighted by molar-refractivity contribution is 0.0520. The SMILES string of the molecule is CCOC(=O)c1csc(NC2CCC(SC)CC2)n1. The number of thiazole rings is 1. The Morgan fingerprint density at radius 1 is 1.53 bits per heavy atom. The maximum atomic E-state index is 11.5. The van der Waals surface area contributed by atoms with E-state index in [4.69, 9.17) is 4.74 Å². The Kier molecular flexibility index (Phi) is 5.51. The first-order valence-electron chi connectivity index (χ1n) is 6.65. The van der Waals surface area contributed by atoms with Crippen LogP contribution >= 0.6 is 23.1 Å². The molecule has 1 saturated carbocycles. The smallest absolute Gasteiger partial charge is 0.357 e. The van der Waals surface area contributed by atoms with Gasteiger partial charge in [0.05, 0.1) is 6.61 Å². The molecule has 1 heterocycles. The highest BCUT2D eigenvalue weighted by molar-refractivity contribution is 7.99. The molecule has 0 unspecified atom stereocenters. The van der Waals surface area contributed by atoms with Gasteiger partial charge in [-0.1, -0.05) is 0 Å². The third-order valence-corrected chi connectivity index (χ3v) is 5.24. The van der Waals surface area contributed by atoms with E-state index in [2.05, 4.69) is 16.6 Å². The molecule has 0 amide bonds. The van der Waals surface area contributed by atoms with Crippen LogP contribution < -0.4 is 5.32 Å². The van der Waals surface area contributed by atoms with E-state index in [-0.39, 0.29) is 5.97 Å². The van der Waals surface area contributed by atoms with Crippen molar-refractivity contribution in [3.05, 3.63) is 11.1 Å². The van der Waals surface area contributed by atoms with Crippen molar-refractivity contribution in [1.29, 1.82) is 0 Å². The van der Waals surface area contributed by atoms with Crippen LogP contribution in [0.3, 0.4) is 0 Å². The third-order valence-electron chi connectivity index (χ3n) is 3.32. The van der Waals surface area contributed by atoms with Crippen molar-refractivity contribution in [2.45, 2.75) is 43.9 Å². The average molecular weight is 300 g/mol. The highest BCUT2D eigenvalue weighted by atomic mass is 32.2. The predicted molar refractivity (Wildman–Crippen MR) is 81.3 cm³/mol. The van der Waals surface area contributed by atoms with Crippen LogP contribution in [-0.4, -0.2) is 35.1 Å². The van der Waals surface area contributed by atoms with E-state index in [0.29, 0.717) is 18.3 Å². The van der Waals surface area contributed by atoms with E-state index in [1.165, 1.54) is 37.0 Å². The lowest BCUT2D eigenvalue weighted by atomic mass is 9.95. The van der Waals surface area contributed by atoms with Gasteiger partial charge in [0.2, 0.25) is 0 Å². The first kappa shape index (κ1) is 14.7. The van der Waals surface area contributed by atoms with Crippen molar-refractivity contribution >= 4 is 34.2 Å². The molecular formula is C13H20N2O2S2. The fraction of sp³-hybridized carbons (Fsp3) is 0.692. The molecule has 1 aliphatic carbocycles. The van der Waals surface area contributed by atoms with Gasteiger partial charge >= 0.3 is 5.97 Å². The lowest BCUT2D eigenvalue weighted by Crippen LogP contribution is -2.27. The molecule has 0 radical (unpaired) electrons. The number of rotatable bonds is 5. The molecule has 1 aliphatic rings. The standard InChI is InChI=1S/C13H20N2O2S2/c1-3-17-12(16)11-8-19-13(15-11)14-9-4-6-10(18-2)7-5-9/h8-10H,3-7H2,1-2H3,(H,14,15). The van der Waals surface area contributed by atoms with Crippen LogP contribution in [0.25, 0.3) is 0 Å². The summed E-state index contributed by atoms with van der Waals surface area (Å²) in [5.41, 5.74) is 0.409. The van der Waals surface area contributed by atoms with Crippen LogP contribution in [0.4, 0.5) is 5.13 Å². The maximum absolute atomic E-state index is 11.5. The number of nitrogens with one attached hydrogen (secondary N) is 1. The van der Waals surface area contributed by atoms with Crippen molar-refractivity contribution in [2.75, 3.05) is 18.2 Å². The zero-order chi connectivity index (χ0) is 13.7. The van der Waals surface area contributed by atoms with Crippen molar-refractivity contribution in [1.82, 2.24) is 4.98 Å². The van der Waals surface area contributed by atoms with Gasteiger partial charge in [0.1, 0.15) is 0 Å². The Balaban J connectivity index is 1.85. The van der Waals surface area contributed by atoms with Crippen LogP contribution in [0.2, 0.25) is 0 Å². The Morgan fingerprint density at radius 3 is 2.89 bits per heavy atom. The molecule has 0 saturated heterocycles. The molecule has 1 aromatic heterocycles. The molecular weight excluding hydrogens is 280 g/mol. The van der Waals surface area contributed by atoms with Crippen molar-refractivity contribution in [3.63, 3.8) is 0 Å². The number of esters is 1. The van der Waals surface area contributed by atoms with Gasteiger partial charge in [-0.3, -0.25) is 0 Å². The van der Waals surface area contributed by atoms with E-state index < -0.39 is 0 Å².